The van der Waals surface area contributed by atoms with Crippen molar-refractivity contribution in [2.75, 3.05) is 7.11 Å². The van der Waals surface area contributed by atoms with Gasteiger partial charge >= 0.3 is 5.97 Å². The predicted molar refractivity (Wildman–Crippen MR) is 104 cm³/mol. The molecule has 0 radical (unpaired) electrons. The number of aryl methyl sites for hydroxylation is 2. The first kappa shape index (κ1) is 18.4. The summed E-state index contributed by atoms with van der Waals surface area (Å²) in [4.78, 5) is 25.8. The van der Waals surface area contributed by atoms with Gasteiger partial charge in [-0.2, -0.15) is 0 Å². The number of thiophene rings is 1. The number of esters is 1. The van der Waals surface area contributed by atoms with Gasteiger partial charge in [-0.3, -0.25) is 9.59 Å². The number of methoxy groups -OCH3 is 1. The minimum atomic E-state index is -1.00. The third kappa shape index (κ3) is 3.32. The quantitative estimate of drug-likeness (QED) is 0.353. The Morgan fingerprint density at radius 3 is 2.35 bits per heavy atom. The summed E-state index contributed by atoms with van der Waals surface area (Å²) in [7, 11) is 1.28. The fourth-order valence-corrected chi connectivity index (χ4v) is 4.08. The van der Waals surface area contributed by atoms with Gasteiger partial charge in [0.25, 0.3) is 0 Å². The molecule has 0 bridgehead atoms. The Morgan fingerprint density at radius 2 is 1.81 bits per heavy atom. The van der Waals surface area contributed by atoms with Crippen LogP contribution >= 0.6 is 22.9 Å². The summed E-state index contributed by atoms with van der Waals surface area (Å²) < 4.78 is 6.89. The molecule has 0 saturated heterocycles. The van der Waals surface area contributed by atoms with E-state index in [2.05, 4.69) is 4.57 Å². The molecule has 0 aliphatic rings. The summed E-state index contributed by atoms with van der Waals surface area (Å²) in [6.07, 6.45) is 0. The molecule has 0 saturated carbocycles. The lowest BCUT2D eigenvalue weighted by molar-refractivity contribution is -0.141. The van der Waals surface area contributed by atoms with Crippen LogP contribution in [-0.4, -0.2) is 23.4 Å². The Labute approximate surface area is 161 Å². The van der Waals surface area contributed by atoms with Crippen LogP contribution in [0.15, 0.2) is 47.8 Å². The summed E-state index contributed by atoms with van der Waals surface area (Å²) >= 11 is 7.76. The van der Waals surface area contributed by atoms with Gasteiger partial charge in [-0.05, 0) is 55.6 Å². The Balaban J connectivity index is 2.01. The average Bonchev–Trinajstić information content (AvgIpc) is 3.25. The molecule has 134 valence electrons. The van der Waals surface area contributed by atoms with Crippen molar-refractivity contribution in [3.63, 3.8) is 0 Å². The standard InChI is InChI=1S/C20H18ClNO3S/c1-12-6-7-13(2)22(12)14-8-9-15(16(21)11-14)19(23)18(20(24)25-3)17-5-4-10-26-17/h4-11,18H,1-3H3. The number of nitrogens with zero attached hydrogens (tertiary/aromatic N) is 1. The fraction of sp³-hybridized carbons (Fsp3) is 0.200. The van der Waals surface area contributed by atoms with Crippen molar-refractivity contribution in [3.8, 4) is 5.69 Å². The first-order valence-electron chi connectivity index (χ1n) is 8.04. The molecule has 26 heavy (non-hydrogen) atoms. The van der Waals surface area contributed by atoms with Crippen LogP contribution in [0.1, 0.15) is 32.5 Å². The van der Waals surface area contributed by atoms with Crippen molar-refractivity contribution in [2.45, 2.75) is 19.8 Å². The highest BCUT2D eigenvalue weighted by atomic mass is 35.5. The fourth-order valence-electron chi connectivity index (χ4n) is 3.00. The second kappa shape index (κ2) is 7.48. The van der Waals surface area contributed by atoms with Crippen molar-refractivity contribution >= 4 is 34.7 Å². The third-order valence-electron chi connectivity index (χ3n) is 4.27. The number of aromatic nitrogens is 1. The zero-order chi connectivity index (χ0) is 18.8. The van der Waals surface area contributed by atoms with E-state index in [-0.39, 0.29) is 5.78 Å². The van der Waals surface area contributed by atoms with Crippen LogP contribution in [0.3, 0.4) is 0 Å². The van der Waals surface area contributed by atoms with Gasteiger partial charge in [-0.25, -0.2) is 0 Å². The highest BCUT2D eigenvalue weighted by molar-refractivity contribution is 7.10. The SMILES string of the molecule is COC(=O)C(C(=O)c1ccc(-n2c(C)ccc2C)cc1Cl)c1cccs1. The molecule has 2 aromatic heterocycles. The number of hydrogen-bond acceptors (Lipinski definition) is 4. The lowest BCUT2D eigenvalue weighted by atomic mass is 9.96. The van der Waals surface area contributed by atoms with Gasteiger partial charge in [-0.15, -0.1) is 11.3 Å². The van der Waals surface area contributed by atoms with Gasteiger partial charge in [0, 0.05) is 27.5 Å². The third-order valence-corrected chi connectivity index (χ3v) is 5.52. The maximum absolute atomic E-state index is 13.0. The first-order valence-corrected chi connectivity index (χ1v) is 9.30. The van der Waals surface area contributed by atoms with E-state index in [1.165, 1.54) is 18.4 Å². The summed E-state index contributed by atoms with van der Waals surface area (Å²) in [6.45, 7) is 4.01. The molecule has 0 N–H and O–H groups in total. The second-order valence-corrected chi connectivity index (χ2v) is 7.34. The number of benzene rings is 1. The molecule has 1 atom stereocenters. The topological polar surface area (TPSA) is 48.3 Å². The molecular weight excluding hydrogens is 370 g/mol. The van der Waals surface area contributed by atoms with Crippen LogP contribution in [0.5, 0.6) is 0 Å². The van der Waals surface area contributed by atoms with E-state index >= 15 is 0 Å². The molecule has 0 aliphatic heterocycles. The van der Waals surface area contributed by atoms with E-state index in [0.29, 0.717) is 15.5 Å². The van der Waals surface area contributed by atoms with E-state index in [1.807, 2.05) is 37.4 Å². The molecule has 0 amide bonds. The number of Topliss-reactive ketones (excluding diaryl/α,β-unsaturated/α-hetero) is 1. The van der Waals surface area contributed by atoms with Crippen molar-refractivity contribution in [1.82, 2.24) is 4.57 Å². The Morgan fingerprint density at radius 1 is 1.12 bits per heavy atom. The summed E-state index contributed by atoms with van der Waals surface area (Å²) in [5.74, 6) is -1.95. The smallest absolute Gasteiger partial charge is 0.321 e. The maximum atomic E-state index is 13.0. The van der Waals surface area contributed by atoms with Gasteiger partial charge < -0.3 is 9.30 Å². The average molecular weight is 388 g/mol. The van der Waals surface area contributed by atoms with Crippen LogP contribution in [0.2, 0.25) is 5.02 Å². The summed E-state index contributed by atoms with van der Waals surface area (Å²) in [6, 6.07) is 12.8. The molecule has 3 aromatic rings. The van der Waals surface area contributed by atoms with Gasteiger partial charge in [0.15, 0.2) is 11.7 Å². The predicted octanol–water partition coefficient (Wildman–Crippen LogP) is 4.95. The molecule has 0 aliphatic carbocycles. The maximum Gasteiger partial charge on any atom is 0.321 e. The van der Waals surface area contributed by atoms with Crippen LogP contribution in [0.4, 0.5) is 0 Å². The molecule has 4 nitrogen and oxygen atoms in total. The highest BCUT2D eigenvalue weighted by Crippen LogP contribution is 2.31. The minimum Gasteiger partial charge on any atom is -0.468 e. The van der Waals surface area contributed by atoms with Gasteiger partial charge in [0.1, 0.15) is 0 Å². The van der Waals surface area contributed by atoms with Crippen molar-refractivity contribution in [3.05, 3.63) is 74.7 Å². The molecule has 1 aromatic carbocycles. The number of ether oxygens (including phenoxy) is 1. The Hall–Kier alpha value is -2.37. The number of halogens is 1. The zero-order valence-corrected chi connectivity index (χ0v) is 16.2. The number of ketones is 1. The lowest BCUT2D eigenvalue weighted by Crippen LogP contribution is -2.23. The van der Waals surface area contributed by atoms with E-state index in [9.17, 15) is 9.59 Å². The van der Waals surface area contributed by atoms with E-state index in [1.54, 1.807) is 24.3 Å². The molecule has 2 heterocycles. The summed E-state index contributed by atoms with van der Waals surface area (Å²) in [5.41, 5.74) is 3.33. The number of rotatable bonds is 5. The summed E-state index contributed by atoms with van der Waals surface area (Å²) in [5, 5.41) is 2.13. The Kier molecular flexibility index (Phi) is 5.30. The number of hydrogen-bond donors (Lipinski definition) is 0. The van der Waals surface area contributed by atoms with Crippen molar-refractivity contribution in [2.24, 2.45) is 0 Å². The van der Waals surface area contributed by atoms with E-state index in [0.717, 1.165) is 17.1 Å². The molecule has 0 fully saturated rings. The van der Waals surface area contributed by atoms with Gasteiger partial charge in [0.2, 0.25) is 0 Å². The van der Waals surface area contributed by atoms with Gasteiger partial charge in [-0.1, -0.05) is 17.7 Å². The molecule has 3 rings (SSSR count). The van der Waals surface area contributed by atoms with Crippen LogP contribution in [0, 0.1) is 13.8 Å². The number of carbonyl (C=O) groups excluding carboxylic acids is 2. The zero-order valence-electron chi connectivity index (χ0n) is 14.7. The lowest BCUT2D eigenvalue weighted by Gasteiger charge is -2.15. The van der Waals surface area contributed by atoms with Crippen LogP contribution in [-0.2, 0) is 9.53 Å². The molecule has 1 unspecified atom stereocenters. The van der Waals surface area contributed by atoms with Crippen molar-refractivity contribution < 1.29 is 14.3 Å². The van der Waals surface area contributed by atoms with Crippen LogP contribution in [0.25, 0.3) is 5.69 Å². The monoisotopic (exact) mass is 387 g/mol. The van der Waals surface area contributed by atoms with E-state index < -0.39 is 11.9 Å². The Bertz CT molecular complexity index is 940. The largest absolute Gasteiger partial charge is 0.468 e. The molecular formula is C20H18ClNO3S. The second-order valence-electron chi connectivity index (χ2n) is 5.95. The van der Waals surface area contributed by atoms with E-state index in [4.69, 9.17) is 16.3 Å². The normalized spacial score (nSPS) is 12.0. The van der Waals surface area contributed by atoms with Crippen LogP contribution < -0.4 is 0 Å². The molecule has 0 spiro atoms. The number of carbonyl (C=O) groups is 2. The highest BCUT2D eigenvalue weighted by Gasteiger charge is 2.32. The van der Waals surface area contributed by atoms with Crippen molar-refractivity contribution in [1.29, 1.82) is 0 Å². The molecule has 6 heteroatoms. The first-order chi connectivity index (χ1) is 12.4. The minimum absolute atomic E-state index is 0.307. The van der Waals surface area contributed by atoms with Gasteiger partial charge in [0.05, 0.1) is 12.1 Å².